The number of halogens is 1. The van der Waals surface area contributed by atoms with Crippen molar-refractivity contribution in [2.45, 2.75) is 39.1 Å². The Bertz CT molecular complexity index is 448. The van der Waals surface area contributed by atoms with E-state index < -0.39 is 23.2 Å². The molecular weight excluding hydrogens is 279 g/mol. The summed E-state index contributed by atoms with van der Waals surface area (Å²) in [6.07, 6.45) is 2.25. The van der Waals surface area contributed by atoms with Gasteiger partial charge in [-0.25, -0.2) is 4.79 Å². The zero-order chi connectivity index (χ0) is 15.1. The number of hydrogen-bond donors (Lipinski definition) is 0. The van der Waals surface area contributed by atoms with E-state index >= 15 is 0 Å². The fourth-order valence-corrected chi connectivity index (χ4v) is 3.49. The second-order valence-corrected chi connectivity index (χ2v) is 6.10. The zero-order valence-electron chi connectivity index (χ0n) is 12.4. The van der Waals surface area contributed by atoms with Crippen molar-refractivity contribution in [3.8, 4) is 0 Å². The first-order valence-electron chi connectivity index (χ1n) is 7.47. The van der Waals surface area contributed by atoms with Gasteiger partial charge in [-0.1, -0.05) is 0 Å². The minimum Gasteiger partial charge on any atom is -0.461 e. The van der Waals surface area contributed by atoms with Crippen LogP contribution in [0.5, 0.6) is 0 Å². The van der Waals surface area contributed by atoms with Crippen LogP contribution in [-0.4, -0.2) is 38.4 Å². The topological polar surface area (TPSA) is 54.0 Å². The van der Waals surface area contributed by atoms with Crippen LogP contribution in [0.15, 0.2) is 11.4 Å². The van der Waals surface area contributed by atoms with Gasteiger partial charge in [0.1, 0.15) is 0 Å². The summed E-state index contributed by atoms with van der Waals surface area (Å²) in [6, 6.07) is 0. The molecule has 3 heterocycles. The third-order valence-electron chi connectivity index (χ3n) is 4.70. The highest BCUT2D eigenvalue weighted by Crippen LogP contribution is 2.51. The lowest BCUT2D eigenvalue weighted by Crippen LogP contribution is -2.61. The van der Waals surface area contributed by atoms with E-state index in [-0.39, 0.29) is 12.5 Å². The Morgan fingerprint density at radius 2 is 1.95 bits per heavy atom. The van der Waals surface area contributed by atoms with E-state index in [9.17, 15) is 9.18 Å². The van der Waals surface area contributed by atoms with Crippen molar-refractivity contribution in [2.24, 2.45) is 11.3 Å². The highest BCUT2D eigenvalue weighted by molar-refractivity contribution is 5.87. The molecule has 6 heteroatoms. The standard InChI is InChI=1S/C15H21FO5/c1-3-18-13(17)12(16)10-5-4-6-11(10)15-7-19-14(2,20-8-15)21-9-15/h11H,3-9H2,1-2H3/b12-10+. The van der Waals surface area contributed by atoms with Gasteiger partial charge in [0.15, 0.2) is 0 Å². The van der Waals surface area contributed by atoms with Gasteiger partial charge in [0.2, 0.25) is 5.83 Å². The molecule has 21 heavy (non-hydrogen) atoms. The molecule has 2 bridgehead atoms. The fraction of sp³-hybridized carbons (Fsp3) is 0.800. The molecule has 3 aliphatic heterocycles. The average Bonchev–Trinajstić information content (AvgIpc) is 2.98. The molecule has 5 nitrogen and oxygen atoms in total. The van der Waals surface area contributed by atoms with Crippen molar-refractivity contribution in [3.63, 3.8) is 0 Å². The van der Waals surface area contributed by atoms with Crippen molar-refractivity contribution >= 4 is 5.97 Å². The quantitative estimate of drug-likeness (QED) is 0.591. The summed E-state index contributed by atoms with van der Waals surface area (Å²) in [5, 5.41) is 0. The van der Waals surface area contributed by atoms with Gasteiger partial charge in [-0.15, -0.1) is 0 Å². The normalized spacial score (nSPS) is 41.2. The van der Waals surface area contributed by atoms with Crippen LogP contribution in [0.4, 0.5) is 4.39 Å². The fourth-order valence-electron chi connectivity index (χ4n) is 3.49. The number of ether oxygens (including phenoxy) is 4. The maximum Gasteiger partial charge on any atom is 0.367 e. The number of hydrogen-bond acceptors (Lipinski definition) is 5. The Morgan fingerprint density at radius 3 is 2.52 bits per heavy atom. The number of fused-ring (bicyclic) bond motifs is 3. The van der Waals surface area contributed by atoms with Gasteiger partial charge in [0.05, 0.1) is 26.4 Å². The summed E-state index contributed by atoms with van der Waals surface area (Å²) in [5.74, 6) is -2.67. The number of carbonyl (C=O) groups is 1. The van der Waals surface area contributed by atoms with Gasteiger partial charge in [0, 0.05) is 12.3 Å². The van der Waals surface area contributed by atoms with E-state index in [2.05, 4.69) is 0 Å². The molecule has 1 atom stereocenters. The monoisotopic (exact) mass is 300 g/mol. The van der Waals surface area contributed by atoms with Crippen LogP contribution in [0.1, 0.15) is 33.1 Å². The summed E-state index contributed by atoms with van der Waals surface area (Å²) < 4.78 is 36.0. The third kappa shape index (κ3) is 2.49. The van der Waals surface area contributed by atoms with Crippen LogP contribution in [0.25, 0.3) is 0 Å². The first kappa shape index (κ1) is 14.9. The summed E-state index contributed by atoms with van der Waals surface area (Å²) in [4.78, 5) is 11.7. The Labute approximate surface area is 123 Å². The molecule has 4 aliphatic rings. The van der Waals surface area contributed by atoms with Gasteiger partial charge in [-0.05, 0) is 37.7 Å². The van der Waals surface area contributed by atoms with Crippen molar-refractivity contribution in [3.05, 3.63) is 11.4 Å². The van der Waals surface area contributed by atoms with Gasteiger partial charge in [0.25, 0.3) is 5.97 Å². The Balaban J connectivity index is 1.84. The number of allylic oxidation sites excluding steroid dienone is 1. The predicted octanol–water partition coefficient (Wildman–Crippen LogP) is 2.31. The maximum absolute atomic E-state index is 14.4. The van der Waals surface area contributed by atoms with Gasteiger partial charge >= 0.3 is 5.97 Å². The Morgan fingerprint density at radius 1 is 1.33 bits per heavy atom. The average molecular weight is 300 g/mol. The van der Waals surface area contributed by atoms with Crippen molar-refractivity contribution < 1.29 is 28.1 Å². The van der Waals surface area contributed by atoms with Crippen LogP contribution in [0.3, 0.4) is 0 Å². The van der Waals surface area contributed by atoms with Crippen molar-refractivity contribution in [2.75, 3.05) is 26.4 Å². The maximum atomic E-state index is 14.4. The summed E-state index contributed by atoms with van der Waals surface area (Å²) in [5.41, 5.74) is 0.141. The van der Waals surface area contributed by atoms with E-state index in [4.69, 9.17) is 18.9 Å². The van der Waals surface area contributed by atoms with E-state index in [0.717, 1.165) is 12.8 Å². The lowest BCUT2D eigenvalue weighted by Gasteiger charge is -2.53. The lowest BCUT2D eigenvalue weighted by atomic mass is 9.72. The largest absolute Gasteiger partial charge is 0.461 e. The zero-order valence-corrected chi connectivity index (χ0v) is 12.4. The molecule has 3 saturated heterocycles. The Kier molecular flexibility index (Phi) is 3.80. The van der Waals surface area contributed by atoms with Crippen LogP contribution in [0, 0.1) is 11.3 Å². The SMILES string of the molecule is CCOC(=O)/C(F)=C1/CCCC1C12COC(C)(OC1)OC2. The predicted molar refractivity (Wildman–Crippen MR) is 70.8 cm³/mol. The summed E-state index contributed by atoms with van der Waals surface area (Å²) in [6.45, 7) is 4.97. The third-order valence-corrected chi connectivity index (χ3v) is 4.70. The minimum atomic E-state index is -0.968. The number of rotatable bonds is 3. The second kappa shape index (κ2) is 5.34. The second-order valence-electron chi connectivity index (χ2n) is 6.10. The summed E-state index contributed by atoms with van der Waals surface area (Å²) >= 11 is 0. The molecule has 4 fully saturated rings. The van der Waals surface area contributed by atoms with Crippen molar-refractivity contribution in [1.29, 1.82) is 0 Å². The van der Waals surface area contributed by atoms with Crippen LogP contribution >= 0.6 is 0 Å². The molecule has 1 unspecified atom stereocenters. The first-order valence-corrected chi connectivity index (χ1v) is 7.47. The number of esters is 1. The lowest BCUT2D eigenvalue weighted by molar-refractivity contribution is -0.464. The van der Waals surface area contributed by atoms with Crippen LogP contribution in [0.2, 0.25) is 0 Å². The molecule has 0 spiro atoms. The molecular formula is C15H21FO5. The minimum absolute atomic E-state index is 0.0910. The van der Waals surface area contributed by atoms with Crippen LogP contribution < -0.4 is 0 Å². The van der Waals surface area contributed by atoms with Crippen LogP contribution in [-0.2, 0) is 23.7 Å². The molecule has 0 aromatic heterocycles. The van der Waals surface area contributed by atoms with E-state index in [1.807, 2.05) is 0 Å². The van der Waals surface area contributed by atoms with E-state index in [1.54, 1.807) is 13.8 Å². The van der Waals surface area contributed by atoms with Gasteiger partial charge in [-0.2, -0.15) is 4.39 Å². The summed E-state index contributed by atoms with van der Waals surface area (Å²) in [7, 11) is 0. The van der Waals surface area contributed by atoms with Gasteiger partial charge < -0.3 is 18.9 Å². The van der Waals surface area contributed by atoms with Gasteiger partial charge in [-0.3, -0.25) is 0 Å². The number of carbonyl (C=O) groups excluding carboxylic acids is 1. The Hall–Kier alpha value is -0.980. The molecule has 1 aliphatic carbocycles. The molecule has 0 aromatic carbocycles. The highest BCUT2D eigenvalue weighted by atomic mass is 19.1. The smallest absolute Gasteiger partial charge is 0.367 e. The molecule has 4 rings (SSSR count). The van der Waals surface area contributed by atoms with Crippen molar-refractivity contribution in [1.82, 2.24) is 0 Å². The first-order chi connectivity index (χ1) is 10.00. The van der Waals surface area contributed by atoms with E-state index in [0.29, 0.717) is 31.8 Å². The highest BCUT2D eigenvalue weighted by Gasteiger charge is 2.55. The molecule has 0 aromatic rings. The van der Waals surface area contributed by atoms with E-state index in [1.165, 1.54) is 0 Å². The molecule has 0 N–H and O–H groups in total. The molecule has 0 radical (unpaired) electrons. The molecule has 0 amide bonds. The molecule has 1 saturated carbocycles. The molecule has 118 valence electrons.